The lowest BCUT2D eigenvalue weighted by Gasteiger charge is -2.08. The fourth-order valence-electron chi connectivity index (χ4n) is 3.55. The molecule has 1 fully saturated rings. The number of esters is 1. The van der Waals surface area contributed by atoms with Crippen molar-refractivity contribution in [3.63, 3.8) is 0 Å². The Bertz CT molecular complexity index is 1090. The number of benzene rings is 2. The fraction of sp³-hybridized carbons (Fsp3) is 0.273. The molecular weight excluding hydrogens is 388 g/mol. The normalized spacial score (nSPS) is 17.9. The van der Waals surface area contributed by atoms with Gasteiger partial charge in [0.1, 0.15) is 6.61 Å². The molecule has 0 N–H and O–H groups in total. The molecular formula is C22H22N2O4S. The average Bonchev–Trinajstić information content (AvgIpc) is 3.30. The summed E-state index contributed by atoms with van der Waals surface area (Å²) in [5.74, 6) is -0.289. The summed E-state index contributed by atoms with van der Waals surface area (Å²) in [5.41, 5.74) is 3.41. The third-order valence-corrected chi connectivity index (χ3v) is 6.87. The monoisotopic (exact) mass is 410 g/mol. The predicted octanol–water partition coefficient (Wildman–Crippen LogP) is 3.41. The number of ether oxygens (including phenoxy) is 1. The van der Waals surface area contributed by atoms with Crippen LogP contribution in [0.3, 0.4) is 0 Å². The zero-order valence-corrected chi connectivity index (χ0v) is 16.7. The van der Waals surface area contributed by atoms with Gasteiger partial charge in [0.25, 0.3) is 0 Å². The Labute approximate surface area is 170 Å². The van der Waals surface area contributed by atoms with Gasteiger partial charge in [0, 0.05) is 23.7 Å². The van der Waals surface area contributed by atoms with Gasteiger partial charge in [-0.3, -0.25) is 4.79 Å². The zero-order chi connectivity index (χ0) is 20.3. The van der Waals surface area contributed by atoms with E-state index in [1.165, 1.54) is 0 Å². The number of sulfone groups is 1. The molecule has 3 aromatic rings. The summed E-state index contributed by atoms with van der Waals surface area (Å²) in [6.07, 6.45) is 2.52. The van der Waals surface area contributed by atoms with Crippen molar-refractivity contribution in [2.45, 2.75) is 19.4 Å². The lowest BCUT2D eigenvalue weighted by atomic mass is 10.1. The maximum absolute atomic E-state index is 12.3. The van der Waals surface area contributed by atoms with Crippen LogP contribution in [-0.4, -0.2) is 35.7 Å². The number of nitrogens with zero attached hydrogens (tertiary/aromatic N) is 2. The van der Waals surface area contributed by atoms with E-state index in [-0.39, 0.29) is 36.4 Å². The summed E-state index contributed by atoms with van der Waals surface area (Å²) >= 11 is 0. The molecule has 0 amide bonds. The number of para-hydroxylation sites is 1. The van der Waals surface area contributed by atoms with Crippen LogP contribution in [0.1, 0.15) is 18.4 Å². The molecule has 0 bridgehead atoms. The van der Waals surface area contributed by atoms with Crippen LogP contribution in [-0.2, 0) is 26.0 Å². The second kappa shape index (κ2) is 8.21. The summed E-state index contributed by atoms with van der Waals surface area (Å²) in [5, 5.41) is 4.70. The quantitative estimate of drug-likeness (QED) is 0.582. The van der Waals surface area contributed by atoms with Crippen molar-refractivity contribution in [3.8, 4) is 16.9 Å². The third kappa shape index (κ3) is 4.74. The molecule has 1 saturated heterocycles. The van der Waals surface area contributed by atoms with Crippen molar-refractivity contribution in [2.24, 2.45) is 5.92 Å². The van der Waals surface area contributed by atoms with Gasteiger partial charge in [0.15, 0.2) is 9.84 Å². The van der Waals surface area contributed by atoms with Gasteiger partial charge >= 0.3 is 5.97 Å². The van der Waals surface area contributed by atoms with Crippen LogP contribution in [0.15, 0.2) is 66.9 Å². The van der Waals surface area contributed by atoms with E-state index in [4.69, 9.17) is 9.84 Å². The Morgan fingerprint density at radius 3 is 2.41 bits per heavy atom. The van der Waals surface area contributed by atoms with E-state index in [1.54, 1.807) is 4.68 Å². The molecule has 6 nitrogen and oxygen atoms in total. The van der Waals surface area contributed by atoms with Crippen molar-refractivity contribution >= 4 is 15.8 Å². The fourth-order valence-corrected chi connectivity index (χ4v) is 5.42. The Balaban J connectivity index is 1.51. The Morgan fingerprint density at radius 1 is 1.07 bits per heavy atom. The lowest BCUT2D eigenvalue weighted by Crippen LogP contribution is -2.13. The number of hydrogen-bond acceptors (Lipinski definition) is 5. The van der Waals surface area contributed by atoms with Gasteiger partial charge in [0.05, 0.1) is 22.9 Å². The topological polar surface area (TPSA) is 78.3 Å². The Hall–Kier alpha value is -2.93. The highest BCUT2D eigenvalue weighted by molar-refractivity contribution is 7.91. The van der Waals surface area contributed by atoms with Gasteiger partial charge in [-0.2, -0.15) is 5.10 Å². The first kappa shape index (κ1) is 19.4. The molecule has 29 heavy (non-hydrogen) atoms. The number of carbonyl (C=O) groups excluding carboxylic acids is 1. The van der Waals surface area contributed by atoms with E-state index in [9.17, 15) is 13.2 Å². The van der Waals surface area contributed by atoms with E-state index in [1.807, 2.05) is 66.9 Å². The van der Waals surface area contributed by atoms with Crippen molar-refractivity contribution < 1.29 is 17.9 Å². The molecule has 150 valence electrons. The maximum atomic E-state index is 12.3. The van der Waals surface area contributed by atoms with Crippen LogP contribution < -0.4 is 0 Å². The van der Waals surface area contributed by atoms with Gasteiger partial charge in [-0.15, -0.1) is 0 Å². The first-order chi connectivity index (χ1) is 14.0. The highest BCUT2D eigenvalue weighted by Gasteiger charge is 2.30. The van der Waals surface area contributed by atoms with Crippen molar-refractivity contribution in [3.05, 3.63) is 72.4 Å². The molecule has 0 aliphatic carbocycles. The largest absolute Gasteiger partial charge is 0.461 e. The summed E-state index contributed by atoms with van der Waals surface area (Å²) < 4.78 is 30.4. The zero-order valence-electron chi connectivity index (χ0n) is 15.9. The molecule has 2 aromatic carbocycles. The van der Waals surface area contributed by atoms with E-state index in [0.717, 1.165) is 22.5 Å². The molecule has 4 rings (SSSR count). The highest BCUT2D eigenvalue weighted by atomic mass is 32.2. The minimum absolute atomic E-state index is 0.0727. The average molecular weight is 410 g/mol. The molecule has 0 saturated carbocycles. The number of carbonyl (C=O) groups is 1. The van der Waals surface area contributed by atoms with Crippen LogP contribution in [0.25, 0.3) is 16.9 Å². The molecule has 1 unspecified atom stereocenters. The molecule has 2 heterocycles. The molecule has 0 spiro atoms. The first-order valence-electron chi connectivity index (χ1n) is 9.55. The van der Waals surface area contributed by atoms with Crippen LogP contribution in [0.4, 0.5) is 0 Å². The standard InChI is InChI=1S/C22H22N2O4S/c25-21(13-17-11-12-29(26,27)16-17)28-15-19-14-24(20-9-5-2-6-10-20)23-22(19)18-7-3-1-4-8-18/h1-10,14,17H,11-13,15-16H2. The summed E-state index contributed by atoms with van der Waals surface area (Å²) in [6.45, 7) is 0.0926. The maximum Gasteiger partial charge on any atom is 0.306 e. The highest BCUT2D eigenvalue weighted by Crippen LogP contribution is 2.25. The summed E-state index contributed by atoms with van der Waals surface area (Å²) in [7, 11) is -3.00. The minimum atomic E-state index is -3.00. The third-order valence-electron chi connectivity index (χ3n) is 5.03. The SMILES string of the molecule is O=C(CC1CCS(=O)(=O)C1)OCc1cn(-c2ccccc2)nc1-c1ccccc1. The van der Waals surface area contributed by atoms with Crippen molar-refractivity contribution in [1.29, 1.82) is 0 Å². The van der Waals surface area contributed by atoms with Crippen molar-refractivity contribution in [1.82, 2.24) is 9.78 Å². The molecule has 7 heteroatoms. The first-order valence-corrected chi connectivity index (χ1v) is 11.4. The van der Waals surface area contributed by atoms with Crippen molar-refractivity contribution in [2.75, 3.05) is 11.5 Å². The minimum Gasteiger partial charge on any atom is -0.461 e. The predicted molar refractivity (Wildman–Crippen MR) is 110 cm³/mol. The lowest BCUT2D eigenvalue weighted by molar-refractivity contribution is -0.145. The Morgan fingerprint density at radius 2 is 1.76 bits per heavy atom. The summed E-state index contributed by atoms with van der Waals surface area (Å²) in [4.78, 5) is 12.3. The molecule has 1 aromatic heterocycles. The van der Waals surface area contributed by atoms with E-state index in [0.29, 0.717) is 6.42 Å². The van der Waals surface area contributed by atoms with Crippen LogP contribution >= 0.6 is 0 Å². The van der Waals surface area contributed by atoms with Crippen LogP contribution in [0, 0.1) is 5.92 Å². The van der Waals surface area contributed by atoms with E-state index >= 15 is 0 Å². The molecule has 1 aliphatic rings. The van der Waals surface area contributed by atoms with E-state index < -0.39 is 9.84 Å². The molecule has 0 radical (unpaired) electrons. The molecule has 1 atom stereocenters. The van der Waals surface area contributed by atoms with Crippen LogP contribution in [0.5, 0.6) is 0 Å². The van der Waals surface area contributed by atoms with Gasteiger partial charge < -0.3 is 4.74 Å². The number of hydrogen-bond donors (Lipinski definition) is 0. The summed E-state index contributed by atoms with van der Waals surface area (Å²) in [6, 6.07) is 19.5. The second-order valence-corrected chi connectivity index (χ2v) is 9.51. The van der Waals surface area contributed by atoms with Gasteiger partial charge in [-0.1, -0.05) is 48.5 Å². The smallest absolute Gasteiger partial charge is 0.306 e. The van der Waals surface area contributed by atoms with Gasteiger partial charge in [-0.05, 0) is 24.5 Å². The Kier molecular flexibility index (Phi) is 5.49. The van der Waals surface area contributed by atoms with E-state index in [2.05, 4.69) is 0 Å². The number of aromatic nitrogens is 2. The molecule has 1 aliphatic heterocycles. The van der Waals surface area contributed by atoms with Crippen LogP contribution in [0.2, 0.25) is 0 Å². The van der Waals surface area contributed by atoms with Gasteiger partial charge in [-0.25, -0.2) is 13.1 Å². The second-order valence-electron chi connectivity index (χ2n) is 7.28. The number of rotatable bonds is 6. The van der Waals surface area contributed by atoms with Gasteiger partial charge in [0.2, 0.25) is 0 Å².